The van der Waals surface area contributed by atoms with Crippen molar-refractivity contribution in [2.75, 3.05) is 7.11 Å². The van der Waals surface area contributed by atoms with Crippen LogP contribution in [0.1, 0.15) is 48.1 Å². The summed E-state index contributed by atoms with van der Waals surface area (Å²) in [7, 11) is -1.98. The van der Waals surface area contributed by atoms with Gasteiger partial charge < -0.3 is 4.74 Å². The third-order valence-electron chi connectivity index (χ3n) is 4.85. The summed E-state index contributed by atoms with van der Waals surface area (Å²) in [4.78, 5) is 4.90. The summed E-state index contributed by atoms with van der Waals surface area (Å²) in [5.41, 5.74) is 2.17. The van der Waals surface area contributed by atoms with Crippen molar-refractivity contribution >= 4 is 16.1 Å². The molecule has 0 saturated carbocycles. The van der Waals surface area contributed by atoms with Crippen LogP contribution in [0.3, 0.4) is 0 Å². The number of rotatable bonds is 5. The molecule has 1 aliphatic heterocycles. The zero-order chi connectivity index (χ0) is 18.1. The summed E-state index contributed by atoms with van der Waals surface area (Å²) in [5.74, 6) is 1.25. The number of nitrogens with zero attached hydrogens (tertiary/aromatic N) is 3. The van der Waals surface area contributed by atoms with Crippen molar-refractivity contribution in [3.8, 4) is 0 Å². The number of nitrogens with one attached hydrogen (secondary N) is 1. The number of ether oxygens (including phenoxy) is 1. The summed E-state index contributed by atoms with van der Waals surface area (Å²) < 4.78 is 35.6. The van der Waals surface area contributed by atoms with Gasteiger partial charge in [0, 0.05) is 13.7 Å². The Bertz CT molecular complexity index is 949. The Balaban J connectivity index is 1.59. The van der Waals surface area contributed by atoms with Crippen molar-refractivity contribution in [1.29, 1.82) is 0 Å². The standard InChI is InChI=1S/C18H22N4O3S/c1-25-12-17-19-18-16(7-4-10-22(18)20-17)21-26(23,24)15-9-8-13-5-2-3-6-14(13)11-15/h2-3,5-6,11,16,21H,4,7-10,12H2,1H3/t16-/m0/s1. The fraction of sp³-hybridized carbons (Fsp3) is 0.444. The van der Waals surface area contributed by atoms with Crippen LogP contribution in [-0.4, -0.2) is 30.3 Å². The zero-order valence-electron chi connectivity index (χ0n) is 14.7. The van der Waals surface area contributed by atoms with Gasteiger partial charge in [-0.15, -0.1) is 0 Å². The number of allylic oxidation sites excluding steroid dienone is 1. The van der Waals surface area contributed by atoms with E-state index in [1.165, 1.54) is 5.56 Å². The van der Waals surface area contributed by atoms with Crippen molar-refractivity contribution in [1.82, 2.24) is 19.5 Å². The van der Waals surface area contributed by atoms with Crippen LogP contribution in [0.4, 0.5) is 0 Å². The molecule has 1 atom stereocenters. The highest BCUT2D eigenvalue weighted by molar-refractivity contribution is 7.93. The van der Waals surface area contributed by atoms with Crippen LogP contribution in [0.15, 0.2) is 29.2 Å². The van der Waals surface area contributed by atoms with Gasteiger partial charge in [0.2, 0.25) is 10.0 Å². The number of aromatic nitrogens is 3. The lowest BCUT2D eigenvalue weighted by Gasteiger charge is -2.24. The quantitative estimate of drug-likeness (QED) is 0.867. The largest absolute Gasteiger partial charge is 0.377 e. The monoisotopic (exact) mass is 374 g/mol. The third kappa shape index (κ3) is 3.32. The van der Waals surface area contributed by atoms with Gasteiger partial charge in [-0.3, -0.25) is 0 Å². The Labute approximate surface area is 153 Å². The second-order valence-electron chi connectivity index (χ2n) is 6.67. The lowest BCUT2D eigenvalue weighted by atomic mass is 9.98. The Morgan fingerprint density at radius 2 is 2.15 bits per heavy atom. The van der Waals surface area contributed by atoms with Gasteiger partial charge in [-0.1, -0.05) is 24.3 Å². The molecular formula is C18H22N4O3S. The van der Waals surface area contributed by atoms with Crippen LogP contribution < -0.4 is 4.72 Å². The first kappa shape index (κ1) is 17.4. The van der Waals surface area contributed by atoms with E-state index in [2.05, 4.69) is 14.8 Å². The minimum atomic E-state index is -3.57. The van der Waals surface area contributed by atoms with Crippen molar-refractivity contribution in [2.24, 2.45) is 0 Å². The fourth-order valence-electron chi connectivity index (χ4n) is 3.58. The highest BCUT2D eigenvalue weighted by Gasteiger charge is 2.30. The molecular weight excluding hydrogens is 352 g/mol. The maximum atomic E-state index is 12.9. The molecule has 1 aromatic heterocycles. The van der Waals surface area contributed by atoms with E-state index in [1.807, 2.05) is 24.3 Å². The molecule has 138 valence electrons. The summed E-state index contributed by atoms with van der Waals surface area (Å²) in [6.07, 6.45) is 4.61. The van der Waals surface area contributed by atoms with Crippen LogP contribution in [-0.2, 0) is 34.3 Å². The molecule has 26 heavy (non-hydrogen) atoms. The summed E-state index contributed by atoms with van der Waals surface area (Å²) in [5, 5.41) is 4.39. The van der Waals surface area contributed by atoms with Crippen LogP contribution in [0, 0.1) is 0 Å². The van der Waals surface area contributed by atoms with Gasteiger partial charge in [0.15, 0.2) is 5.82 Å². The van der Waals surface area contributed by atoms with Gasteiger partial charge in [-0.2, -0.15) is 5.10 Å². The normalized spacial score (nSPS) is 19.6. The van der Waals surface area contributed by atoms with E-state index < -0.39 is 10.0 Å². The number of hydrogen-bond donors (Lipinski definition) is 1. The SMILES string of the molecule is COCc1nc2n(n1)CCC[C@@H]2NS(=O)(=O)C1=Cc2ccccc2CC1. The Morgan fingerprint density at radius 1 is 1.31 bits per heavy atom. The lowest BCUT2D eigenvalue weighted by Crippen LogP contribution is -2.34. The smallest absolute Gasteiger partial charge is 0.237 e. The second-order valence-corrected chi connectivity index (χ2v) is 8.43. The molecule has 0 fully saturated rings. The number of benzene rings is 1. The summed E-state index contributed by atoms with van der Waals surface area (Å²) >= 11 is 0. The minimum absolute atomic E-state index is 0.321. The van der Waals surface area contributed by atoms with E-state index in [1.54, 1.807) is 17.9 Å². The predicted molar refractivity (Wildman–Crippen MR) is 97.5 cm³/mol. The highest BCUT2D eigenvalue weighted by atomic mass is 32.2. The first-order chi connectivity index (χ1) is 12.6. The van der Waals surface area contributed by atoms with Crippen LogP contribution in [0.5, 0.6) is 0 Å². The molecule has 8 heteroatoms. The topological polar surface area (TPSA) is 86.1 Å². The van der Waals surface area contributed by atoms with E-state index in [4.69, 9.17) is 4.74 Å². The molecule has 7 nitrogen and oxygen atoms in total. The molecule has 0 amide bonds. The third-order valence-corrected chi connectivity index (χ3v) is 6.45. The zero-order valence-corrected chi connectivity index (χ0v) is 15.5. The molecule has 0 unspecified atom stereocenters. The Hall–Kier alpha value is -2.03. The summed E-state index contributed by atoms with van der Waals surface area (Å²) in [6, 6.07) is 7.56. The van der Waals surface area contributed by atoms with Crippen molar-refractivity contribution in [2.45, 2.75) is 44.9 Å². The molecule has 1 N–H and O–H groups in total. The molecule has 2 aliphatic rings. The number of fused-ring (bicyclic) bond motifs is 2. The van der Waals surface area contributed by atoms with Gasteiger partial charge in [-0.05, 0) is 42.9 Å². The molecule has 0 bridgehead atoms. The second kappa shape index (κ2) is 6.94. The molecule has 1 aliphatic carbocycles. The molecule has 0 radical (unpaired) electrons. The number of methoxy groups -OCH3 is 1. The molecule has 0 spiro atoms. The average Bonchev–Trinajstić information content (AvgIpc) is 3.05. The maximum Gasteiger partial charge on any atom is 0.237 e. The van der Waals surface area contributed by atoms with Crippen molar-refractivity contribution < 1.29 is 13.2 Å². The van der Waals surface area contributed by atoms with E-state index in [-0.39, 0.29) is 6.04 Å². The lowest BCUT2D eigenvalue weighted by molar-refractivity contribution is 0.177. The van der Waals surface area contributed by atoms with Gasteiger partial charge in [-0.25, -0.2) is 22.8 Å². The first-order valence-corrected chi connectivity index (χ1v) is 10.3. The Kier molecular flexibility index (Phi) is 4.64. The molecule has 1 aromatic carbocycles. The number of hydrogen-bond acceptors (Lipinski definition) is 5. The summed E-state index contributed by atoms with van der Waals surface area (Å²) in [6.45, 7) is 1.07. The van der Waals surface area contributed by atoms with Gasteiger partial charge in [0.25, 0.3) is 0 Å². The van der Waals surface area contributed by atoms with Crippen LogP contribution in [0.2, 0.25) is 0 Å². The Morgan fingerprint density at radius 3 is 3.00 bits per heavy atom. The van der Waals surface area contributed by atoms with E-state index in [0.717, 1.165) is 24.9 Å². The molecule has 4 rings (SSSR count). The van der Waals surface area contributed by atoms with E-state index >= 15 is 0 Å². The van der Waals surface area contributed by atoms with E-state index in [0.29, 0.717) is 36.0 Å². The van der Waals surface area contributed by atoms with Crippen molar-refractivity contribution in [3.05, 3.63) is 51.9 Å². The average molecular weight is 374 g/mol. The maximum absolute atomic E-state index is 12.9. The first-order valence-electron chi connectivity index (χ1n) is 8.80. The predicted octanol–water partition coefficient (Wildman–Crippen LogP) is 2.17. The van der Waals surface area contributed by atoms with Crippen LogP contribution in [0.25, 0.3) is 6.08 Å². The minimum Gasteiger partial charge on any atom is -0.377 e. The van der Waals surface area contributed by atoms with Crippen LogP contribution >= 0.6 is 0 Å². The molecule has 2 aromatic rings. The number of sulfonamides is 1. The highest BCUT2D eigenvalue weighted by Crippen LogP contribution is 2.30. The number of aryl methyl sites for hydroxylation is 2. The van der Waals surface area contributed by atoms with Gasteiger partial charge in [0.05, 0.1) is 10.9 Å². The molecule has 0 saturated heterocycles. The fourth-order valence-corrected chi connectivity index (χ4v) is 4.98. The van der Waals surface area contributed by atoms with Crippen molar-refractivity contribution in [3.63, 3.8) is 0 Å². The van der Waals surface area contributed by atoms with Gasteiger partial charge >= 0.3 is 0 Å². The van der Waals surface area contributed by atoms with Gasteiger partial charge in [0.1, 0.15) is 12.4 Å². The van der Waals surface area contributed by atoms with E-state index in [9.17, 15) is 8.42 Å². The molecule has 2 heterocycles.